The zero-order valence-corrected chi connectivity index (χ0v) is 14.5. The number of benzene rings is 1. The molecule has 0 saturated carbocycles. The quantitative estimate of drug-likeness (QED) is 0.786. The van der Waals surface area contributed by atoms with Crippen molar-refractivity contribution >= 4 is 40.7 Å². The van der Waals surface area contributed by atoms with E-state index in [2.05, 4.69) is 10.6 Å². The fourth-order valence-corrected chi connectivity index (χ4v) is 2.27. The molecule has 0 spiro atoms. The molecule has 1 aromatic heterocycles. The second-order valence-corrected chi connectivity index (χ2v) is 6.02. The fourth-order valence-electron chi connectivity index (χ4n) is 1.98. The second-order valence-electron chi connectivity index (χ2n) is 5.21. The highest BCUT2D eigenvalue weighted by molar-refractivity contribution is 6.42. The van der Waals surface area contributed by atoms with Gasteiger partial charge in [-0.3, -0.25) is 14.5 Å². The number of rotatable bonds is 7. The van der Waals surface area contributed by atoms with Crippen molar-refractivity contribution in [3.8, 4) is 0 Å². The van der Waals surface area contributed by atoms with Gasteiger partial charge in [0, 0.05) is 5.69 Å². The number of furan rings is 1. The van der Waals surface area contributed by atoms with Gasteiger partial charge in [0.25, 0.3) is 0 Å². The molecule has 0 bridgehead atoms. The Morgan fingerprint density at radius 3 is 2.54 bits per heavy atom. The lowest BCUT2D eigenvalue weighted by Crippen LogP contribution is -2.38. The molecule has 1 aromatic carbocycles. The van der Waals surface area contributed by atoms with Crippen molar-refractivity contribution < 1.29 is 14.0 Å². The average molecular weight is 370 g/mol. The molecule has 0 aliphatic rings. The summed E-state index contributed by atoms with van der Waals surface area (Å²) in [5.74, 6) is 0.217. The molecule has 0 fully saturated rings. The minimum Gasteiger partial charge on any atom is -0.467 e. The Morgan fingerprint density at radius 1 is 1.12 bits per heavy atom. The Bertz CT molecular complexity index is 705. The molecule has 0 aliphatic carbocycles. The van der Waals surface area contributed by atoms with Gasteiger partial charge in [0.2, 0.25) is 11.8 Å². The lowest BCUT2D eigenvalue weighted by molar-refractivity contribution is -0.123. The van der Waals surface area contributed by atoms with Crippen LogP contribution in [0.1, 0.15) is 5.76 Å². The second kappa shape index (κ2) is 8.73. The molecule has 0 saturated heterocycles. The maximum Gasteiger partial charge on any atom is 0.238 e. The molecule has 0 unspecified atom stereocenters. The third kappa shape index (κ3) is 5.88. The summed E-state index contributed by atoms with van der Waals surface area (Å²) < 4.78 is 5.13. The zero-order chi connectivity index (χ0) is 17.5. The van der Waals surface area contributed by atoms with Crippen molar-refractivity contribution in [2.45, 2.75) is 6.54 Å². The van der Waals surface area contributed by atoms with Crippen LogP contribution in [0.5, 0.6) is 0 Å². The summed E-state index contributed by atoms with van der Waals surface area (Å²) in [5.41, 5.74) is 0.546. The number of nitrogens with one attached hydrogen (secondary N) is 2. The molecule has 2 amide bonds. The minimum absolute atomic E-state index is 0.0639. The van der Waals surface area contributed by atoms with Crippen molar-refractivity contribution in [2.75, 3.05) is 25.5 Å². The first-order valence-electron chi connectivity index (χ1n) is 7.16. The van der Waals surface area contributed by atoms with Gasteiger partial charge in [-0.25, -0.2) is 0 Å². The summed E-state index contributed by atoms with van der Waals surface area (Å²) in [6.07, 6.45) is 1.54. The molecule has 8 heteroatoms. The Kier molecular flexibility index (Phi) is 6.66. The van der Waals surface area contributed by atoms with Gasteiger partial charge < -0.3 is 15.1 Å². The maximum absolute atomic E-state index is 12.0. The Balaban J connectivity index is 1.74. The highest BCUT2D eigenvalue weighted by atomic mass is 35.5. The molecule has 128 valence electrons. The number of hydrogen-bond donors (Lipinski definition) is 2. The van der Waals surface area contributed by atoms with Crippen molar-refractivity contribution in [1.82, 2.24) is 10.2 Å². The van der Waals surface area contributed by atoms with Crippen molar-refractivity contribution in [1.29, 1.82) is 0 Å². The van der Waals surface area contributed by atoms with Crippen molar-refractivity contribution in [2.24, 2.45) is 0 Å². The van der Waals surface area contributed by atoms with E-state index in [1.165, 1.54) is 0 Å². The highest BCUT2D eigenvalue weighted by Gasteiger charge is 2.11. The molecular weight excluding hydrogens is 353 g/mol. The molecule has 2 aromatic rings. The van der Waals surface area contributed by atoms with Crippen molar-refractivity contribution in [3.05, 3.63) is 52.4 Å². The van der Waals surface area contributed by atoms with Crippen LogP contribution in [-0.4, -0.2) is 36.9 Å². The Labute approximate surface area is 149 Å². The summed E-state index contributed by atoms with van der Waals surface area (Å²) in [7, 11) is 1.68. The van der Waals surface area contributed by atoms with Gasteiger partial charge >= 0.3 is 0 Å². The van der Waals surface area contributed by atoms with Gasteiger partial charge in [-0.05, 0) is 37.4 Å². The van der Waals surface area contributed by atoms with E-state index >= 15 is 0 Å². The van der Waals surface area contributed by atoms with Crippen LogP contribution in [0, 0.1) is 0 Å². The van der Waals surface area contributed by atoms with Crippen LogP contribution >= 0.6 is 23.2 Å². The van der Waals surface area contributed by atoms with Crippen LogP contribution in [0.2, 0.25) is 10.0 Å². The number of halogens is 2. The zero-order valence-electron chi connectivity index (χ0n) is 13.0. The number of anilines is 1. The number of hydrogen-bond acceptors (Lipinski definition) is 4. The highest BCUT2D eigenvalue weighted by Crippen LogP contribution is 2.24. The van der Waals surface area contributed by atoms with E-state index < -0.39 is 0 Å². The summed E-state index contributed by atoms with van der Waals surface area (Å²) in [5, 5.41) is 6.19. The standard InChI is InChI=1S/C16H17Cl2N3O3/c1-21(9-15(22)19-8-12-3-2-6-24-12)10-16(23)20-11-4-5-13(17)14(18)7-11/h2-7H,8-10H2,1H3,(H,19,22)(H,20,23). The van der Waals surface area contributed by atoms with E-state index in [-0.39, 0.29) is 24.9 Å². The molecule has 2 rings (SSSR count). The van der Waals surface area contributed by atoms with Crippen LogP contribution in [0.4, 0.5) is 5.69 Å². The van der Waals surface area contributed by atoms with Crippen LogP contribution in [-0.2, 0) is 16.1 Å². The van der Waals surface area contributed by atoms with E-state index in [4.69, 9.17) is 27.6 Å². The number of amides is 2. The maximum atomic E-state index is 12.0. The topological polar surface area (TPSA) is 74.6 Å². The first-order valence-corrected chi connectivity index (χ1v) is 7.92. The average Bonchev–Trinajstić information content (AvgIpc) is 3.02. The van der Waals surface area contributed by atoms with Crippen LogP contribution in [0.3, 0.4) is 0 Å². The van der Waals surface area contributed by atoms with Gasteiger partial charge in [0.15, 0.2) is 0 Å². The lowest BCUT2D eigenvalue weighted by Gasteiger charge is -2.16. The summed E-state index contributed by atoms with van der Waals surface area (Å²) in [6.45, 7) is 0.471. The molecule has 2 N–H and O–H groups in total. The van der Waals surface area contributed by atoms with Gasteiger partial charge in [-0.2, -0.15) is 0 Å². The smallest absolute Gasteiger partial charge is 0.238 e. The molecule has 1 heterocycles. The molecule has 0 atom stereocenters. The fraction of sp³-hybridized carbons (Fsp3) is 0.250. The summed E-state index contributed by atoms with van der Waals surface area (Å²) >= 11 is 11.7. The molecule has 24 heavy (non-hydrogen) atoms. The number of likely N-dealkylation sites (N-methyl/N-ethyl adjacent to an activating group) is 1. The summed E-state index contributed by atoms with van der Waals surface area (Å²) in [4.78, 5) is 25.4. The van der Waals surface area contributed by atoms with Crippen LogP contribution in [0.15, 0.2) is 41.0 Å². The van der Waals surface area contributed by atoms with Crippen LogP contribution in [0.25, 0.3) is 0 Å². The van der Waals surface area contributed by atoms with Gasteiger partial charge in [-0.1, -0.05) is 23.2 Å². The molecule has 0 aliphatic heterocycles. The number of carbonyl (C=O) groups is 2. The van der Waals surface area contributed by atoms with Gasteiger partial charge in [-0.15, -0.1) is 0 Å². The van der Waals surface area contributed by atoms with Crippen LogP contribution < -0.4 is 10.6 Å². The van der Waals surface area contributed by atoms with Crippen molar-refractivity contribution in [3.63, 3.8) is 0 Å². The Hall–Kier alpha value is -2.02. The van der Waals surface area contributed by atoms with E-state index in [1.54, 1.807) is 48.5 Å². The molecule has 6 nitrogen and oxygen atoms in total. The number of carbonyl (C=O) groups excluding carboxylic acids is 2. The normalized spacial score (nSPS) is 10.7. The minimum atomic E-state index is -0.255. The molecular formula is C16H17Cl2N3O3. The lowest BCUT2D eigenvalue weighted by atomic mass is 10.3. The van der Waals surface area contributed by atoms with E-state index in [0.29, 0.717) is 28.0 Å². The monoisotopic (exact) mass is 369 g/mol. The Morgan fingerprint density at radius 2 is 1.88 bits per heavy atom. The number of nitrogens with zero attached hydrogens (tertiary/aromatic N) is 1. The summed E-state index contributed by atoms with van der Waals surface area (Å²) in [6, 6.07) is 8.35. The van der Waals surface area contributed by atoms with E-state index in [9.17, 15) is 9.59 Å². The van der Waals surface area contributed by atoms with Gasteiger partial charge in [0.1, 0.15) is 5.76 Å². The largest absolute Gasteiger partial charge is 0.467 e. The predicted octanol–water partition coefficient (Wildman–Crippen LogP) is 2.77. The predicted molar refractivity (Wildman–Crippen MR) is 93.1 cm³/mol. The van der Waals surface area contributed by atoms with Gasteiger partial charge in [0.05, 0.1) is 35.9 Å². The SMILES string of the molecule is CN(CC(=O)NCc1ccco1)CC(=O)Nc1ccc(Cl)c(Cl)c1. The first-order chi connectivity index (χ1) is 11.4. The van der Waals surface area contributed by atoms with E-state index in [1.807, 2.05) is 0 Å². The third-order valence-electron chi connectivity index (χ3n) is 3.07. The molecule has 0 radical (unpaired) electrons. The first kappa shape index (κ1) is 18.3. The van der Waals surface area contributed by atoms with E-state index in [0.717, 1.165) is 0 Å². The third-order valence-corrected chi connectivity index (χ3v) is 3.81.